The Labute approximate surface area is 205 Å². The SMILES string of the molecule is [B]c1nnc(SCC(=O)Nc2ccc(C(=O)O)cc2Cl)n1-c1ccc(C)c2ccc(OC)cc12. The Hall–Kier alpha value is -3.50. The zero-order valence-corrected chi connectivity index (χ0v) is 19.8. The van der Waals surface area contributed by atoms with E-state index < -0.39 is 5.97 Å². The first-order chi connectivity index (χ1) is 16.3. The maximum atomic E-state index is 12.5. The van der Waals surface area contributed by atoms with E-state index in [0.29, 0.717) is 16.6 Å². The number of carboxylic acid groups (broad SMARTS) is 1. The van der Waals surface area contributed by atoms with Gasteiger partial charge < -0.3 is 15.2 Å². The number of aromatic carboxylic acids is 1. The maximum Gasteiger partial charge on any atom is 0.335 e. The van der Waals surface area contributed by atoms with E-state index in [0.717, 1.165) is 33.8 Å². The number of carbonyl (C=O) groups excluding carboxylic acids is 1. The van der Waals surface area contributed by atoms with E-state index in [-0.39, 0.29) is 28.0 Å². The maximum absolute atomic E-state index is 12.5. The number of hydrogen-bond acceptors (Lipinski definition) is 6. The lowest BCUT2D eigenvalue weighted by molar-refractivity contribution is -0.113. The van der Waals surface area contributed by atoms with Crippen LogP contribution in [-0.4, -0.2) is 52.5 Å². The number of ether oxygens (including phenoxy) is 1. The van der Waals surface area contributed by atoms with Gasteiger partial charge in [-0.1, -0.05) is 35.5 Å². The molecule has 8 nitrogen and oxygen atoms in total. The van der Waals surface area contributed by atoms with Crippen LogP contribution in [0.2, 0.25) is 5.02 Å². The average molecular weight is 493 g/mol. The molecule has 0 atom stereocenters. The Morgan fingerprint density at radius 3 is 2.65 bits per heavy atom. The number of carbonyl (C=O) groups is 2. The van der Waals surface area contributed by atoms with Crippen LogP contribution < -0.4 is 15.8 Å². The zero-order valence-electron chi connectivity index (χ0n) is 18.2. The van der Waals surface area contributed by atoms with Gasteiger partial charge in [0, 0.05) is 5.39 Å². The number of methoxy groups -OCH3 is 1. The van der Waals surface area contributed by atoms with E-state index in [1.165, 1.54) is 18.2 Å². The number of amides is 1. The summed E-state index contributed by atoms with van der Waals surface area (Å²) in [6.45, 7) is 2.02. The molecule has 0 aliphatic rings. The quantitative estimate of drug-likeness (QED) is 0.300. The van der Waals surface area contributed by atoms with Crippen molar-refractivity contribution in [3.8, 4) is 11.4 Å². The van der Waals surface area contributed by atoms with Gasteiger partial charge in [0.05, 0.1) is 40.5 Å². The molecule has 0 bridgehead atoms. The molecule has 0 aliphatic carbocycles. The van der Waals surface area contributed by atoms with Gasteiger partial charge in [-0.25, -0.2) is 4.79 Å². The number of halogens is 1. The fraction of sp³-hybridized carbons (Fsp3) is 0.130. The third kappa shape index (κ3) is 4.73. The van der Waals surface area contributed by atoms with Gasteiger partial charge in [0.2, 0.25) is 5.91 Å². The van der Waals surface area contributed by atoms with E-state index in [9.17, 15) is 9.59 Å². The Morgan fingerprint density at radius 1 is 1.15 bits per heavy atom. The van der Waals surface area contributed by atoms with Gasteiger partial charge >= 0.3 is 5.97 Å². The smallest absolute Gasteiger partial charge is 0.335 e. The first-order valence-electron chi connectivity index (χ1n) is 10.0. The number of thioether (sulfide) groups is 1. The molecule has 4 rings (SSSR count). The van der Waals surface area contributed by atoms with Crippen LogP contribution in [0, 0.1) is 6.92 Å². The van der Waals surface area contributed by atoms with Crippen LogP contribution in [-0.2, 0) is 4.79 Å². The predicted molar refractivity (Wildman–Crippen MR) is 133 cm³/mol. The van der Waals surface area contributed by atoms with E-state index in [1.807, 2.05) is 37.3 Å². The highest BCUT2D eigenvalue weighted by atomic mass is 35.5. The topological polar surface area (TPSA) is 106 Å². The zero-order chi connectivity index (χ0) is 24.4. The Bertz CT molecular complexity index is 1430. The molecule has 3 aromatic carbocycles. The monoisotopic (exact) mass is 492 g/mol. The van der Waals surface area contributed by atoms with Crippen LogP contribution in [0.3, 0.4) is 0 Å². The molecule has 1 heterocycles. The highest BCUT2D eigenvalue weighted by Gasteiger charge is 2.17. The van der Waals surface area contributed by atoms with Gasteiger partial charge in [-0.05, 0) is 54.3 Å². The molecule has 34 heavy (non-hydrogen) atoms. The van der Waals surface area contributed by atoms with Gasteiger partial charge in [-0.15, -0.1) is 10.2 Å². The van der Waals surface area contributed by atoms with Crippen LogP contribution in [0.4, 0.5) is 5.69 Å². The van der Waals surface area contributed by atoms with Crippen LogP contribution in [0.5, 0.6) is 5.75 Å². The second-order valence-electron chi connectivity index (χ2n) is 7.33. The lowest BCUT2D eigenvalue weighted by Crippen LogP contribution is -2.19. The number of aromatic nitrogens is 3. The van der Waals surface area contributed by atoms with E-state index in [1.54, 1.807) is 11.7 Å². The number of anilines is 1. The summed E-state index contributed by atoms with van der Waals surface area (Å²) in [5.41, 5.74) is 2.38. The molecule has 2 N–H and O–H groups in total. The summed E-state index contributed by atoms with van der Waals surface area (Å²) in [5.74, 6) is -0.750. The predicted octanol–water partition coefficient (Wildman–Crippen LogP) is 3.61. The van der Waals surface area contributed by atoms with Gasteiger partial charge in [-0.2, -0.15) is 0 Å². The van der Waals surface area contributed by atoms with Crippen molar-refractivity contribution in [1.82, 2.24) is 14.8 Å². The number of hydrogen-bond donors (Lipinski definition) is 2. The second kappa shape index (κ2) is 9.78. The minimum atomic E-state index is -1.10. The number of nitrogens with one attached hydrogen (secondary N) is 1. The summed E-state index contributed by atoms with van der Waals surface area (Å²) in [6.07, 6.45) is 0. The van der Waals surface area contributed by atoms with Gasteiger partial charge in [-0.3, -0.25) is 9.36 Å². The summed E-state index contributed by atoms with van der Waals surface area (Å²) in [4.78, 5) is 23.6. The molecule has 0 saturated heterocycles. The van der Waals surface area contributed by atoms with Crippen LogP contribution >= 0.6 is 23.4 Å². The Kier molecular flexibility index (Phi) is 6.81. The summed E-state index contributed by atoms with van der Waals surface area (Å²) in [6, 6.07) is 13.8. The number of benzene rings is 3. The molecule has 11 heteroatoms. The molecule has 0 saturated carbocycles. The molecule has 0 fully saturated rings. The second-order valence-corrected chi connectivity index (χ2v) is 8.68. The number of nitrogens with zero attached hydrogens (tertiary/aromatic N) is 3. The standard InChI is InChI=1S/C23H18BClN4O4S/c1-12-3-8-19(16-10-14(33-2)5-6-15(12)16)29-22(24)27-28-23(29)34-11-20(30)26-18-7-4-13(21(31)32)9-17(18)25/h3-10H,11H2,1-2H3,(H,26,30)(H,31,32). The van der Waals surface area contributed by atoms with Crippen molar-refractivity contribution in [3.05, 3.63) is 64.7 Å². The van der Waals surface area contributed by atoms with Crippen molar-refractivity contribution >= 4 is 65.3 Å². The number of rotatable bonds is 7. The molecular formula is C23H18BClN4O4S. The average Bonchev–Trinajstić information content (AvgIpc) is 3.19. The van der Waals surface area contributed by atoms with Gasteiger partial charge in [0.25, 0.3) is 0 Å². The summed E-state index contributed by atoms with van der Waals surface area (Å²) >= 11 is 7.25. The summed E-state index contributed by atoms with van der Waals surface area (Å²) < 4.78 is 7.08. The minimum absolute atomic E-state index is 0.00224. The van der Waals surface area contributed by atoms with Crippen molar-refractivity contribution in [1.29, 1.82) is 0 Å². The van der Waals surface area contributed by atoms with E-state index >= 15 is 0 Å². The molecule has 0 aliphatic heterocycles. The number of carboxylic acids is 1. The first kappa shape index (κ1) is 23.7. The summed E-state index contributed by atoms with van der Waals surface area (Å²) in [5, 5.41) is 22.4. The molecule has 4 aromatic rings. The normalized spacial score (nSPS) is 10.9. The highest BCUT2D eigenvalue weighted by Crippen LogP contribution is 2.31. The fourth-order valence-electron chi connectivity index (χ4n) is 3.45. The van der Waals surface area contributed by atoms with Crippen molar-refractivity contribution in [2.24, 2.45) is 0 Å². The molecule has 0 spiro atoms. The minimum Gasteiger partial charge on any atom is -0.497 e. The molecule has 0 unspecified atom stereocenters. The van der Waals surface area contributed by atoms with Crippen LogP contribution in [0.15, 0.2) is 53.7 Å². The first-order valence-corrected chi connectivity index (χ1v) is 11.4. The van der Waals surface area contributed by atoms with E-state index in [2.05, 4.69) is 15.5 Å². The number of aryl methyl sites for hydroxylation is 1. The third-order valence-electron chi connectivity index (χ3n) is 5.14. The Morgan fingerprint density at radius 2 is 1.94 bits per heavy atom. The van der Waals surface area contributed by atoms with Gasteiger partial charge in [0.15, 0.2) is 13.0 Å². The van der Waals surface area contributed by atoms with Crippen molar-refractivity contribution in [2.45, 2.75) is 12.1 Å². The van der Waals surface area contributed by atoms with Crippen molar-refractivity contribution in [3.63, 3.8) is 0 Å². The summed E-state index contributed by atoms with van der Waals surface area (Å²) in [7, 11) is 7.74. The number of fused-ring (bicyclic) bond motifs is 1. The van der Waals surface area contributed by atoms with Crippen molar-refractivity contribution in [2.75, 3.05) is 18.2 Å². The Balaban J connectivity index is 1.58. The molecule has 1 amide bonds. The van der Waals surface area contributed by atoms with E-state index in [4.69, 9.17) is 29.3 Å². The largest absolute Gasteiger partial charge is 0.497 e. The van der Waals surface area contributed by atoms with Gasteiger partial charge in [0.1, 0.15) is 5.75 Å². The molecular weight excluding hydrogens is 475 g/mol. The lowest BCUT2D eigenvalue weighted by atomic mass is 10.0. The molecule has 170 valence electrons. The lowest BCUT2D eigenvalue weighted by Gasteiger charge is -2.14. The van der Waals surface area contributed by atoms with Crippen LogP contribution in [0.1, 0.15) is 15.9 Å². The molecule has 1 aromatic heterocycles. The van der Waals surface area contributed by atoms with Crippen LogP contribution in [0.25, 0.3) is 16.5 Å². The van der Waals surface area contributed by atoms with Crippen molar-refractivity contribution < 1.29 is 19.4 Å². The fourth-order valence-corrected chi connectivity index (χ4v) is 4.43. The third-order valence-corrected chi connectivity index (χ3v) is 6.38. The highest BCUT2D eigenvalue weighted by molar-refractivity contribution is 7.99. The molecule has 2 radical (unpaired) electrons.